The number of thiophene rings is 1. The predicted octanol–water partition coefficient (Wildman–Crippen LogP) is 2.92. The van der Waals surface area contributed by atoms with E-state index in [1.165, 1.54) is 23.2 Å². The summed E-state index contributed by atoms with van der Waals surface area (Å²) in [5.74, 6) is -1.55. The first-order valence-electron chi connectivity index (χ1n) is 7.32. The molecule has 0 spiro atoms. The maximum absolute atomic E-state index is 12.6. The molecule has 7 heteroatoms. The lowest BCUT2D eigenvalue weighted by molar-refractivity contribution is -0.137. The molecule has 2 N–H and O–H groups in total. The Hall–Kier alpha value is -2.67. The van der Waals surface area contributed by atoms with Crippen LogP contribution in [-0.2, 0) is 9.59 Å². The highest BCUT2D eigenvalue weighted by Gasteiger charge is 2.21. The Morgan fingerprint density at radius 2 is 1.88 bits per heavy atom. The van der Waals surface area contributed by atoms with Crippen molar-refractivity contribution in [3.63, 3.8) is 0 Å². The first-order valence-corrected chi connectivity index (χ1v) is 8.14. The van der Waals surface area contributed by atoms with Crippen molar-refractivity contribution in [2.45, 2.75) is 13.3 Å². The number of nitrogens with zero attached hydrogens (tertiary/aromatic N) is 1. The lowest BCUT2D eigenvalue weighted by Crippen LogP contribution is -2.29. The van der Waals surface area contributed by atoms with E-state index in [1.54, 1.807) is 13.1 Å². The topological polar surface area (TPSA) is 86.7 Å². The maximum atomic E-state index is 12.6. The smallest absolute Gasteiger partial charge is 0.305 e. The van der Waals surface area contributed by atoms with Gasteiger partial charge in [0, 0.05) is 25.4 Å². The van der Waals surface area contributed by atoms with E-state index >= 15 is 0 Å². The molecule has 0 radical (unpaired) electrons. The normalized spacial score (nSPS) is 10.2. The van der Waals surface area contributed by atoms with Crippen LogP contribution in [0.1, 0.15) is 23.7 Å². The zero-order valence-corrected chi connectivity index (χ0v) is 14.2. The van der Waals surface area contributed by atoms with Gasteiger partial charge in [0.25, 0.3) is 5.91 Å². The van der Waals surface area contributed by atoms with Crippen LogP contribution >= 0.6 is 11.3 Å². The Labute approximate surface area is 143 Å². The number of amides is 2. The second-order valence-corrected chi connectivity index (χ2v) is 6.32. The highest BCUT2D eigenvalue weighted by molar-refractivity contribution is 7.20. The quantitative estimate of drug-likeness (QED) is 0.842. The van der Waals surface area contributed by atoms with Crippen LogP contribution in [0.15, 0.2) is 36.4 Å². The number of carbonyl (C=O) groups is 3. The number of benzene rings is 1. The minimum Gasteiger partial charge on any atom is -0.481 e. The minimum absolute atomic E-state index is 0.101. The molecule has 1 heterocycles. The van der Waals surface area contributed by atoms with Crippen LogP contribution in [-0.4, -0.2) is 41.4 Å². The van der Waals surface area contributed by atoms with Crippen molar-refractivity contribution in [1.82, 2.24) is 4.90 Å². The predicted molar refractivity (Wildman–Crippen MR) is 93.3 cm³/mol. The summed E-state index contributed by atoms with van der Waals surface area (Å²) >= 11 is 1.32. The number of carbonyl (C=O) groups excluding carboxylic acids is 2. The first kappa shape index (κ1) is 17.7. The van der Waals surface area contributed by atoms with Gasteiger partial charge in [-0.1, -0.05) is 30.3 Å². The van der Waals surface area contributed by atoms with Crippen LogP contribution in [0.4, 0.5) is 5.00 Å². The number of anilines is 1. The van der Waals surface area contributed by atoms with Gasteiger partial charge < -0.3 is 15.3 Å². The number of carboxylic acids is 1. The van der Waals surface area contributed by atoms with E-state index in [9.17, 15) is 14.4 Å². The summed E-state index contributed by atoms with van der Waals surface area (Å²) in [5, 5.41) is 11.9. The van der Waals surface area contributed by atoms with Crippen LogP contribution in [0.5, 0.6) is 0 Å². The van der Waals surface area contributed by atoms with Gasteiger partial charge in [0.15, 0.2) is 0 Å². The second-order valence-electron chi connectivity index (χ2n) is 5.27. The van der Waals surface area contributed by atoms with E-state index in [-0.39, 0.29) is 24.8 Å². The molecule has 0 saturated heterocycles. The molecule has 0 aliphatic heterocycles. The molecule has 0 saturated carbocycles. The molecule has 0 atom stereocenters. The number of hydrogen-bond donors (Lipinski definition) is 2. The number of aliphatic carboxylic acids is 1. The Morgan fingerprint density at radius 3 is 2.46 bits per heavy atom. The third-order valence-corrected chi connectivity index (χ3v) is 4.42. The third kappa shape index (κ3) is 4.42. The second kappa shape index (κ2) is 7.74. The van der Waals surface area contributed by atoms with Crippen molar-refractivity contribution in [1.29, 1.82) is 0 Å². The summed E-state index contributed by atoms with van der Waals surface area (Å²) in [4.78, 5) is 36.9. The van der Waals surface area contributed by atoms with E-state index in [2.05, 4.69) is 5.32 Å². The fourth-order valence-electron chi connectivity index (χ4n) is 2.12. The summed E-state index contributed by atoms with van der Waals surface area (Å²) in [6.45, 7) is 1.48. The van der Waals surface area contributed by atoms with E-state index in [0.29, 0.717) is 10.6 Å². The lowest BCUT2D eigenvalue weighted by Gasteiger charge is -2.16. The summed E-state index contributed by atoms with van der Waals surface area (Å²) in [6.07, 6.45) is -0.132. The minimum atomic E-state index is -0.966. The highest BCUT2D eigenvalue weighted by atomic mass is 32.1. The molecule has 24 heavy (non-hydrogen) atoms. The number of hydrogen-bond acceptors (Lipinski definition) is 4. The van der Waals surface area contributed by atoms with Crippen molar-refractivity contribution in [3.05, 3.63) is 42.0 Å². The molecule has 0 aliphatic rings. The molecule has 0 fully saturated rings. The van der Waals surface area contributed by atoms with E-state index < -0.39 is 5.97 Å². The van der Waals surface area contributed by atoms with Gasteiger partial charge in [0.05, 0.1) is 12.0 Å². The average Bonchev–Trinajstić information content (AvgIpc) is 2.95. The highest BCUT2D eigenvalue weighted by Crippen LogP contribution is 2.36. The van der Waals surface area contributed by atoms with Crippen LogP contribution in [0.3, 0.4) is 0 Å². The van der Waals surface area contributed by atoms with Crippen molar-refractivity contribution >= 4 is 34.1 Å². The molecule has 1 aromatic carbocycles. The largest absolute Gasteiger partial charge is 0.481 e. The van der Waals surface area contributed by atoms with Gasteiger partial charge in [-0.05, 0) is 11.6 Å². The third-order valence-electron chi connectivity index (χ3n) is 3.32. The zero-order chi connectivity index (χ0) is 17.7. The van der Waals surface area contributed by atoms with Gasteiger partial charge in [0.1, 0.15) is 5.00 Å². The van der Waals surface area contributed by atoms with Crippen LogP contribution in [0, 0.1) is 0 Å². The van der Waals surface area contributed by atoms with Gasteiger partial charge >= 0.3 is 5.97 Å². The summed E-state index contributed by atoms with van der Waals surface area (Å²) in [7, 11) is 1.54. The monoisotopic (exact) mass is 346 g/mol. The van der Waals surface area contributed by atoms with E-state index in [1.807, 2.05) is 30.3 Å². The molecule has 2 amide bonds. The van der Waals surface area contributed by atoms with Crippen molar-refractivity contribution in [2.75, 3.05) is 18.9 Å². The fraction of sp³-hybridized carbons (Fsp3) is 0.235. The van der Waals surface area contributed by atoms with Crippen LogP contribution < -0.4 is 5.32 Å². The molecule has 0 aliphatic carbocycles. The Balaban J connectivity index is 2.32. The average molecular weight is 346 g/mol. The van der Waals surface area contributed by atoms with Crippen molar-refractivity contribution in [2.24, 2.45) is 0 Å². The fourth-order valence-corrected chi connectivity index (χ4v) is 3.22. The number of nitrogens with one attached hydrogen (secondary N) is 1. The summed E-state index contributed by atoms with van der Waals surface area (Å²) in [6, 6.07) is 11.3. The summed E-state index contributed by atoms with van der Waals surface area (Å²) in [5.41, 5.74) is 1.31. The molecular formula is C17H18N2O4S. The molecule has 1 aromatic heterocycles. The van der Waals surface area contributed by atoms with Crippen molar-refractivity contribution < 1.29 is 19.5 Å². The van der Waals surface area contributed by atoms with Crippen molar-refractivity contribution in [3.8, 4) is 10.4 Å². The first-order chi connectivity index (χ1) is 11.4. The van der Waals surface area contributed by atoms with E-state index in [4.69, 9.17) is 5.11 Å². The molecule has 0 bridgehead atoms. The molecule has 6 nitrogen and oxygen atoms in total. The SMILES string of the molecule is CC(=O)Nc1sc(-c2ccccc2)cc1C(=O)N(C)CCC(=O)O. The number of carboxylic acid groups (broad SMARTS) is 1. The standard InChI is InChI=1S/C17H18N2O4S/c1-11(20)18-16-13(17(23)19(2)9-8-15(21)22)10-14(24-16)12-6-4-3-5-7-12/h3-7,10H,8-9H2,1-2H3,(H,18,20)(H,21,22). The molecule has 0 unspecified atom stereocenters. The van der Waals surface area contributed by atoms with Gasteiger partial charge in [-0.2, -0.15) is 0 Å². The Morgan fingerprint density at radius 1 is 1.21 bits per heavy atom. The van der Waals surface area contributed by atoms with E-state index in [0.717, 1.165) is 10.4 Å². The molecular weight excluding hydrogens is 328 g/mol. The van der Waals surface area contributed by atoms with Gasteiger partial charge in [-0.15, -0.1) is 11.3 Å². The van der Waals surface area contributed by atoms with Crippen LogP contribution in [0.2, 0.25) is 0 Å². The Bertz CT molecular complexity index is 755. The van der Waals surface area contributed by atoms with Gasteiger partial charge in [0.2, 0.25) is 5.91 Å². The lowest BCUT2D eigenvalue weighted by atomic mass is 10.1. The van der Waals surface area contributed by atoms with Crippen LogP contribution in [0.25, 0.3) is 10.4 Å². The van der Waals surface area contributed by atoms with Gasteiger partial charge in [-0.3, -0.25) is 14.4 Å². The zero-order valence-electron chi connectivity index (χ0n) is 13.4. The van der Waals surface area contributed by atoms with Gasteiger partial charge in [-0.25, -0.2) is 0 Å². The number of rotatable bonds is 6. The maximum Gasteiger partial charge on any atom is 0.305 e. The summed E-state index contributed by atoms with van der Waals surface area (Å²) < 4.78 is 0. The molecule has 2 aromatic rings. The Kier molecular flexibility index (Phi) is 5.70. The molecule has 2 rings (SSSR count). The molecule has 126 valence electrons.